The summed E-state index contributed by atoms with van der Waals surface area (Å²) >= 11 is 1.46. The average molecular weight is 1090 g/mol. The number of hydrogen-bond acceptors (Lipinski definition) is 4. The molecular weight excluding hydrogens is 1020 g/mol. The Morgan fingerprint density at radius 2 is 1.13 bits per heavy atom. The van der Waals surface area contributed by atoms with Crippen LogP contribution in [0, 0.1) is 6.57 Å². The molecule has 12 rings (SSSR count). The summed E-state index contributed by atoms with van der Waals surface area (Å²) < 4.78 is 7.98. The van der Waals surface area contributed by atoms with Crippen molar-refractivity contribution in [2.45, 2.75) is 89.1 Å². The van der Waals surface area contributed by atoms with Gasteiger partial charge in [-0.1, -0.05) is 228 Å². The Morgan fingerprint density at radius 1 is 0.585 bits per heavy atom. The molecule has 1 aromatic heterocycles. The standard InChI is InChI=1S/C76H66N2O3S/c1-4-6-8-13-23-53-33-39-58(40-34-53)76(59-41-35-54(36-42-59)24-14-9-7-5-2)68-51-62(78(60-27-17-11-18-28-60)61-29-19-12-20-30-61)45-47-66(68)71-64-31-21-22-32-65(64)73-67(72(71)76)49-50-75(81-73,56-25-15-10-16-26-56)57-43-37-55(38-44-57)70-48-46-63(82-70)52-69(77-3)74(79)80/h10-12,15-22,25-52H,4-9,13-14,23-24H2,1-2H3,(H,79,80)/b69-52+. The van der Waals surface area contributed by atoms with Crippen LogP contribution in [0.2, 0.25) is 0 Å². The maximum atomic E-state index is 11.7. The molecule has 5 nitrogen and oxygen atoms in total. The van der Waals surface area contributed by atoms with Crippen molar-refractivity contribution in [2.24, 2.45) is 0 Å². The van der Waals surface area contributed by atoms with Gasteiger partial charge in [-0.25, -0.2) is 4.85 Å². The maximum Gasteiger partial charge on any atom is 0.333 e. The summed E-state index contributed by atoms with van der Waals surface area (Å²) in [6.07, 6.45) is 17.9. The Balaban J connectivity index is 1.10. The molecular formula is C76H66N2O3S. The largest absolute Gasteiger partial charge is 0.486 e. The Hall–Kier alpha value is -9.02. The summed E-state index contributed by atoms with van der Waals surface area (Å²) in [4.78, 5) is 19.0. The van der Waals surface area contributed by atoms with Gasteiger partial charge in [0.15, 0.2) is 5.60 Å². The molecule has 2 aliphatic rings. The zero-order valence-corrected chi connectivity index (χ0v) is 47.5. The smallest absolute Gasteiger partial charge is 0.333 e. The quantitative estimate of drug-likeness (QED) is 0.0469. The first-order chi connectivity index (χ1) is 40.3. The van der Waals surface area contributed by atoms with Crippen LogP contribution in [0.25, 0.3) is 49.3 Å². The molecule has 0 saturated heterocycles. The van der Waals surface area contributed by atoms with Crippen molar-refractivity contribution in [3.8, 4) is 27.3 Å². The fourth-order valence-electron chi connectivity index (χ4n) is 12.7. The number of thiophene rings is 1. The van der Waals surface area contributed by atoms with Gasteiger partial charge in [0.2, 0.25) is 0 Å². The van der Waals surface area contributed by atoms with E-state index >= 15 is 0 Å². The Morgan fingerprint density at radius 3 is 1.71 bits per heavy atom. The summed E-state index contributed by atoms with van der Waals surface area (Å²) in [5.74, 6) is -0.399. The summed E-state index contributed by atoms with van der Waals surface area (Å²) in [7, 11) is 0. The first kappa shape index (κ1) is 53.6. The lowest BCUT2D eigenvalue weighted by molar-refractivity contribution is -0.132. The minimum atomic E-state index is -1.23. The van der Waals surface area contributed by atoms with Gasteiger partial charge in [0.05, 0.1) is 12.0 Å². The maximum absolute atomic E-state index is 11.7. The van der Waals surface area contributed by atoms with Crippen LogP contribution in [-0.4, -0.2) is 11.1 Å². The van der Waals surface area contributed by atoms with Gasteiger partial charge >= 0.3 is 5.97 Å². The third-order valence-corrected chi connectivity index (χ3v) is 17.8. The van der Waals surface area contributed by atoms with Crippen molar-refractivity contribution in [2.75, 3.05) is 4.90 Å². The normalized spacial score (nSPS) is 14.8. The molecule has 0 radical (unpaired) electrons. The molecule has 1 atom stereocenters. The van der Waals surface area contributed by atoms with E-state index in [2.05, 4.69) is 242 Å². The number of benzene rings is 9. The van der Waals surface area contributed by atoms with Gasteiger partial charge in [-0.05, 0) is 142 Å². The molecule has 1 unspecified atom stereocenters. The molecule has 1 aliphatic carbocycles. The Kier molecular flexibility index (Phi) is 15.4. The van der Waals surface area contributed by atoms with E-state index < -0.39 is 17.0 Å². The van der Waals surface area contributed by atoms with Gasteiger partial charge in [0.1, 0.15) is 5.75 Å². The number of hydrogen-bond donors (Lipinski definition) is 1. The van der Waals surface area contributed by atoms with Gasteiger partial charge < -0.3 is 14.7 Å². The molecule has 0 spiro atoms. The molecule has 0 fully saturated rings. The number of aliphatic carboxylic acids is 1. The van der Waals surface area contributed by atoms with Crippen LogP contribution in [0.3, 0.4) is 0 Å². The molecule has 0 bridgehead atoms. The molecule has 0 amide bonds. The van der Waals surface area contributed by atoms with E-state index in [4.69, 9.17) is 11.3 Å². The molecule has 1 N–H and O–H groups in total. The van der Waals surface area contributed by atoms with Gasteiger partial charge in [-0.2, -0.15) is 0 Å². The van der Waals surface area contributed by atoms with Crippen LogP contribution in [0.4, 0.5) is 17.1 Å². The number of carbonyl (C=O) groups is 1. The highest BCUT2D eigenvalue weighted by Crippen LogP contribution is 2.63. The topological polar surface area (TPSA) is 54.1 Å². The predicted octanol–water partition coefficient (Wildman–Crippen LogP) is 20.3. The second-order valence-corrected chi connectivity index (χ2v) is 22.9. The van der Waals surface area contributed by atoms with Crippen LogP contribution >= 0.6 is 11.3 Å². The molecule has 404 valence electrons. The minimum Gasteiger partial charge on any atom is -0.486 e. The third-order valence-electron chi connectivity index (χ3n) is 16.7. The van der Waals surface area contributed by atoms with Gasteiger partial charge in [-0.15, -0.1) is 11.3 Å². The number of anilines is 3. The van der Waals surface area contributed by atoms with Crippen molar-refractivity contribution in [1.29, 1.82) is 0 Å². The van der Waals surface area contributed by atoms with E-state index in [0.717, 1.165) is 73.6 Å². The molecule has 10 aromatic rings. The van der Waals surface area contributed by atoms with Crippen LogP contribution in [0.15, 0.2) is 230 Å². The van der Waals surface area contributed by atoms with Crippen molar-refractivity contribution >= 4 is 57.3 Å². The number of para-hydroxylation sites is 2. The van der Waals surface area contributed by atoms with Gasteiger partial charge in [0.25, 0.3) is 5.70 Å². The molecule has 9 aromatic carbocycles. The fourth-order valence-corrected chi connectivity index (χ4v) is 13.7. The zero-order valence-electron chi connectivity index (χ0n) is 46.7. The SMILES string of the molecule is [C-]#[N+]/C(=C/c1ccc(-c2ccc(C3(c4ccccc4)C=Cc4c5c(c6ccccc6c4O3)-c3ccc(N(c4ccccc4)c4ccccc4)cc3C5(c3ccc(CCCCCC)cc3)c3ccc(CCCCCC)cc3)cc2)s1)C(=O)O. The molecule has 1 aliphatic heterocycles. The Bertz CT molecular complexity index is 3910. The number of fused-ring (bicyclic) bond motifs is 8. The lowest BCUT2D eigenvalue weighted by Crippen LogP contribution is -2.36. The van der Waals surface area contributed by atoms with E-state index in [1.807, 2.05) is 12.1 Å². The van der Waals surface area contributed by atoms with Crippen molar-refractivity contribution < 1.29 is 14.6 Å². The highest BCUT2D eigenvalue weighted by molar-refractivity contribution is 7.16. The second kappa shape index (κ2) is 23.6. The monoisotopic (exact) mass is 1090 g/mol. The van der Waals surface area contributed by atoms with E-state index in [-0.39, 0.29) is 5.70 Å². The summed E-state index contributed by atoms with van der Waals surface area (Å²) in [5, 5.41) is 11.7. The van der Waals surface area contributed by atoms with E-state index in [1.165, 1.54) is 113 Å². The van der Waals surface area contributed by atoms with Crippen LogP contribution in [0.1, 0.15) is 120 Å². The van der Waals surface area contributed by atoms with Crippen LogP contribution in [-0.2, 0) is 28.7 Å². The number of carboxylic acids is 1. The number of ether oxygens (including phenoxy) is 1. The summed E-state index contributed by atoms with van der Waals surface area (Å²) in [6, 6.07) is 79.8. The summed E-state index contributed by atoms with van der Waals surface area (Å²) in [6.45, 7) is 11.9. The average Bonchev–Trinajstić information content (AvgIpc) is 3.87. The molecule has 82 heavy (non-hydrogen) atoms. The lowest BCUT2D eigenvalue weighted by atomic mass is 9.65. The number of nitrogens with zero attached hydrogens (tertiary/aromatic N) is 2. The fraction of sp³-hybridized carbons (Fsp3) is 0.184. The van der Waals surface area contributed by atoms with Crippen molar-refractivity contribution in [1.82, 2.24) is 0 Å². The predicted molar refractivity (Wildman–Crippen MR) is 340 cm³/mol. The second-order valence-electron chi connectivity index (χ2n) is 21.8. The van der Waals surface area contributed by atoms with Gasteiger partial charge in [0, 0.05) is 48.9 Å². The van der Waals surface area contributed by atoms with Crippen molar-refractivity contribution in [3.05, 3.63) is 297 Å². The van der Waals surface area contributed by atoms with E-state index in [9.17, 15) is 9.90 Å². The number of unbranched alkanes of at least 4 members (excludes halogenated alkanes) is 6. The molecule has 0 saturated carbocycles. The van der Waals surface area contributed by atoms with Crippen LogP contribution in [0.5, 0.6) is 5.75 Å². The number of carboxylic acid groups (broad SMARTS) is 1. The highest BCUT2D eigenvalue weighted by Gasteiger charge is 2.51. The minimum absolute atomic E-state index is 0.311. The third kappa shape index (κ3) is 9.94. The van der Waals surface area contributed by atoms with Crippen molar-refractivity contribution in [3.63, 3.8) is 0 Å². The lowest BCUT2D eigenvalue weighted by Gasteiger charge is -2.40. The van der Waals surface area contributed by atoms with Crippen LogP contribution < -0.4 is 9.64 Å². The van der Waals surface area contributed by atoms with Gasteiger partial charge in [-0.3, -0.25) is 4.79 Å². The molecule has 6 heteroatoms. The van der Waals surface area contributed by atoms with E-state index in [1.54, 1.807) is 0 Å². The first-order valence-corrected chi connectivity index (χ1v) is 30.0. The number of rotatable bonds is 20. The number of aryl methyl sites for hydroxylation is 2. The van der Waals surface area contributed by atoms with E-state index in [0.29, 0.717) is 4.88 Å². The highest BCUT2D eigenvalue weighted by atomic mass is 32.1. The summed E-state index contributed by atoms with van der Waals surface area (Å²) in [5.41, 5.74) is 15.1. The zero-order chi connectivity index (χ0) is 56.0. The first-order valence-electron chi connectivity index (χ1n) is 29.1. The Labute approximate surface area is 487 Å². The molecule has 2 heterocycles.